The van der Waals surface area contributed by atoms with Crippen LogP contribution < -0.4 is 4.90 Å². The van der Waals surface area contributed by atoms with Gasteiger partial charge in [-0.15, -0.1) is 0 Å². The molecule has 1 fully saturated rings. The number of carbonyl (C=O) groups is 1. The molecule has 1 saturated carbocycles. The number of hydrogen-bond donors (Lipinski definition) is 0. The highest BCUT2D eigenvalue weighted by molar-refractivity contribution is 6.35. The van der Waals surface area contributed by atoms with Crippen molar-refractivity contribution in [1.29, 1.82) is 0 Å². The average molecular weight is 320 g/mol. The van der Waals surface area contributed by atoms with Gasteiger partial charge in [-0.25, -0.2) is 0 Å². The number of likely N-dealkylation sites (N-methyl/N-ethyl adjacent to an activating group) is 1. The smallest absolute Gasteiger partial charge is 0.258 e. The number of fused-ring (bicyclic) bond motifs is 1. The molecule has 1 aromatic carbocycles. The first-order chi connectivity index (χ1) is 11.6. The van der Waals surface area contributed by atoms with Gasteiger partial charge in [0.15, 0.2) is 0 Å². The summed E-state index contributed by atoms with van der Waals surface area (Å²) in [6.45, 7) is 4.37. The van der Waals surface area contributed by atoms with Crippen LogP contribution in [-0.4, -0.2) is 17.5 Å². The third-order valence-corrected chi connectivity index (χ3v) is 5.60. The Labute approximate surface area is 143 Å². The molecule has 3 nitrogen and oxygen atoms in total. The molecule has 0 bridgehead atoms. The number of para-hydroxylation sites is 1. The first-order valence-electron chi connectivity index (χ1n) is 8.85. The molecule has 2 aromatic rings. The molecule has 1 aliphatic carbocycles. The van der Waals surface area contributed by atoms with Gasteiger partial charge in [0.05, 0.1) is 5.69 Å². The van der Waals surface area contributed by atoms with Crippen LogP contribution in [0.2, 0.25) is 0 Å². The van der Waals surface area contributed by atoms with E-state index in [0.717, 1.165) is 16.8 Å². The lowest BCUT2D eigenvalue weighted by atomic mass is 10.0. The second-order valence-electron chi connectivity index (χ2n) is 7.07. The Balaban J connectivity index is 1.79. The van der Waals surface area contributed by atoms with E-state index in [4.69, 9.17) is 0 Å². The van der Waals surface area contributed by atoms with E-state index in [1.54, 1.807) is 4.90 Å². The van der Waals surface area contributed by atoms with Gasteiger partial charge in [-0.2, -0.15) is 0 Å². The van der Waals surface area contributed by atoms with E-state index in [1.807, 2.05) is 31.3 Å². The van der Waals surface area contributed by atoms with Crippen molar-refractivity contribution >= 4 is 23.2 Å². The van der Waals surface area contributed by atoms with Gasteiger partial charge in [0, 0.05) is 35.6 Å². The number of aryl methyl sites for hydroxylation is 1. The molecule has 24 heavy (non-hydrogen) atoms. The van der Waals surface area contributed by atoms with E-state index in [9.17, 15) is 4.79 Å². The summed E-state index contributed by atoms with van der Waals surface area (Å²) >= 11 is 0. The molecule has 124 valence electrons. The first kappa shape index (κ1) is 15.3. The molecule has 3 heteroatoms. The fourth-order valence-corrected chi connectivity index (χ4v) is 4.37. The van der Waals surface area contributed by atoms with Gasteiger partial charge >= 0.3 is 0 Å². The van der Waals surface area contributed by atoms with E-state index in [1.165, 1.54) is 42.6 Å². The van der Waals surface area contributed by atoms with Crippen LogP contribution in [-0.2, 0) is 4.79 Å². The number of nitrogens with zero attached hydrogens (tertiary/aromatic N) is 2. The third kappa shape index (κ3) is 2.22. The van der Waals surface area contributed by atoms with Crippen LogP contribution >= 0.6 is 0 Å². The normalized spacial score (nSPS) is 19.5. The van der Waals surface area contributed by atoms with Gasteiger partial charge in [0.1, 0.15) is 0 Å². The number of carbonyl (C=O) groups excluding carboxylic acids is 1. The molecular formula is C21H24N2O. The molecule has 0 spiro atoms. The molecular weight excluding hydrogens is 296 g/mol. The minimum absolute atomic E-state index is 0.0851. The summed E-state index contributed by atoms with van der Waals surface area (Å²) < 4.78 is 2.48. The molecule has 4 rings (SSSR count). The number of amides is 1. The zero-order valence-corrected chi connectivity index (χ0v) is 14.7. The monoisotopic (exact) mass is 320 g/mol. The number of anilines is 1. The van der Waals surface area contributed by atoms with Crippen LogP contribution in [0.3, 0.4) is 0 Å². The van der Waals surface area contributed by atoms with Crippen LogP contribution in [0.5, 0.6) is 0 Å². The summed E-state index contributed by atoms with van der Waals surface area (Å²) in [5, 5.41) is 0. The van der Waals surface area contributed by atoms with Crippen molar-refractivity contribution in [3.63, 3.8) is 0 Å². The van der Waals surface area contributed by atoms with Gasteiger partial charge in [-0.05, 0) is 50.5 Å². The predicted octanol–water partition coefficient (Wildman–Crippen LogP) is 4.74. The molecule has 1 aliphatic heterocycles. The Hall–Kier alpha value is -2.29. The van der Waals surface area contributed by atoms with E-state index < -0.39 is 0 Å². The molecule has 0 unspecified atom stereocenters. The summed E-state index contributed by atoms with van der Waals surface area (Å²) in [5.74, 6) is 0.0851. The minimum atomic E-state index is 0.0851. The van der Waals surface area contributed by atoms with Crippen molar-refractivity contribution < 1.29 is 4.79 Å². The van der Waals surface area contributed by atoms with Crippen molar-refractivity contribution in [3.05, 3.63) is 52.8 Å². The fraction of sp³-hybridized carbons (Fsp3) is 0.381. The lowest BCUT2D eigenvalue weighted by Crippen LogP contribution is -2.20. The molecule has 1 amide bonds. The number of hydrogen-bond acceptors (Lipinski definition) is 1. The molecule has 1 aromatic heterocycles. The van der Waals surface area contributed by atoms with Crippen LogP contribution in [0.1, 0.15) is 54.2 Å². The van der Waals surface area contributed by atoms with Crippen LogP contribution in [0, 0.1) is 13.8 Å². The summed E-state index contributed by atoms with van der Waals surface area (Å²) in [7, 11) is 1.85. The van der Waals surface area contributed by atoms with Crippen LogP contribution in [0.15, 0.2) is 30.3 Å². The van der Waals surface area contributed by atoms with Gasteiger partial charge in [-0.1, -0.05) is 31.0 Å². The Morgan fingerprint density at radius 2 is 1.83 bits per heavy atom. The number of benzene rings is 1. The molecule has 2 aliphatic rings. The highest BCUT2D eigenvalue weighted by Crippen LogP contribution is 2.38. The van der Waals surface area contributed by atoms with E-state index in [2.05, 4.69) is 30.6 Å². The van der Waals surface area contributed by atoms with Gasteiger partial charge < -0.3 is 9.47 Å². The largest absolute Gasteiger partial charge is 0.346 e. The summed E-state index contributed by atoms with van der Waals surface area (Å²) in [6, 6.07) is 10.9. The third-order valence-electron chi connectivity index (χ3n) is 5.60. The molecule has 0 saturated heterocycles. The second-order valence-corrected chi connectivity index (χ2v) is 7.07. The topological polar surface area (TPSA) is 25.2 Å². The predicted molar refractivity (Wildman–Crippen MR) is 99.1 cm³/mol. The van der Waals surface area contributed by atoms with Crippen LogP contribution in [0.4, 0.5) is 5.69 Å². The minimum Gasteiger partial charge on any atom is -0.346 e. The van der Waals surface area contributed by atoms with E-state index >= 15 is 0 Å². The van der Waals surface area contributed by atoms with Crippen molar-refractivity contribution in [2.45, 2.75) is 45.6 Å². The van der Waals surface area contributed by atoms with Crippen molar-refractivity contribution in [2.75, 3.05) is 11.9 Å². The Morgan fingerprint density at radius 1 is 1.12 bits per heavy atom. The van der Waals surface area contributed by atoms with Gasteiger partial charge in [-0.3, -0.25) is 4.79 Å². The van der Waals surface area contributed by atoms with Gasteiger partial charge in [0.2, 0.25) is 0 Å². The maximum Gasteiger partial charge on any atom is 0.258 e. The van der Waals surface area contributed by atoms with Crippen LogP contribution in [0.25, 0.3) is 11.6 Å². The summed E-state index contributed by atoms with van der Waals surface area (Å²) in [5.41, 5.74) is 6.60. The highest BCUT2D eigenvalue weighted by Gasteiger charge is 2.29. The zero-order chi connectivity index (χ0) is 16.8. The highest BCUT2D eigenvalue weighted by atomic mass is 16.2. The second kappa shape index (κ2) is 5.66. The lowest BCUT2D eigenvalue weighted by Gasteiger charge is -2.17. The fourth-order valence-electron chi connectivity index (χ4n) is 4.37. The standard InChI is InChI=1S/C21H24N2O/c1-14-12-16(15(2)23(14)17-8-4-5-9-17)13-19-18-10-6-7-11-20(18)22(3)21(19)24/h6-7,10-13,17H,4-5,8-9H2,1-3H3/b19-13+. The first-order valence-corrected chi connectivity index (χ1v) is 8.85. The molecule has 2 heterocycles. The molecule has 0 radical (unpaired) electrons. The average Bonchev–Trinajstić information content (AvgIpc) is 3.24. The number of aromatic nitrogens is 1. The van der Waals surface area contributed by atoms with Crippen molar-refractivity contribution in [3.8, 4) is 0 Å². The SMILES string of the molecule is Cc1cc(/C=C2/C(=O)N(C)c3ccccc32)c(C)n1C1CCCC1. The summed E-state index contributed by atoms with van der Waals surface area (Å²) in [6.07, 6.45) is 7.29. The van der Waals surface area contributed by atoms with E-state index in [0.29, 0.717) is 6.04 Å². The Bertz CT molecular complexity index is 838. The lowest BCUT2D eigenvalue weighted by molar-refractivity contribution is -0.112. The van der Waals surface area contributed by atoms with Crippen molar-refractivity contribution in [1.82, 2.24) is 4.57 Å². The zero-order valence-electron chi connectivity index (χ0n) is 14.7. The Morgan fingerprint density at radius 3 is 2.58 bits per heavy atom. The van der Waals surface area contributed by atoms with Gasteiger partial charge in [0.25, 0.3) is 5.91 Å². The maximum absolute atomic E-state index is 12.7. The Kier molecular flexibility index (Phi) is 3.60. The van der Waals surface area contributed by atoms with E-state index in [-0.39, 0.29) is 5.91 Å². The maximum atomic E-state index is 12.7. The number of rotatable bonds is 2. The molecule has 0 atom stereocenters. The summed E-state index contributed by atoms with van der Waals surface area (Å²) in [4.78, 5) is 14.4. The van der Waals surface area contributed by atoms with Crippen molar-refractivity contribution in [2.24, 2.45) is 0 Å². The molecule has 0 N–H and O–H groups in total. The quantitative estimate of drug-likeness (QED) is 0.734.